The molecule has 0 saturated heterocycles. The Morgan fingerprint density at radius 3 is 2.44 bits per heavy atom. The van der Waals surface area contributed by atoms with E-state index in [2.05, 4.69) is 15.9 Å². The monoisotopic (exact) mass is 332 g/mol. The lowest BCUT2D eigenvalue weighted by molar-refractivity contribution is 0.441. The molecule has 2 aromatic rings. The zero-order chi connectivity index (χ0) is 13.1. The van der Waals surface area contributed by atoms with Gasteiger partial charge in [0.1, 0.15) is 11.6 Å². The van der Waals surface area contributed by atoms with E-state index >= 15 is 0 Å². The molecule has 0 aliphatic rings. The van der Waals surface area contributed by atoms with Crippen LogP contribution in [0, 0.1) is 11.6 Å². The van der Waals surface area contributed by atoms with Crippen molar-refractivity contribution in [3.8, 4) is 11.5 Å². The van der Waals surface area contributed by atoms with E-state index in [9.17, 15) is 8.78 Å². The molecule has 0 heterocycles. The van der Waals surface area contributed by atoms with E-state index in [1.165, 1.54) is 30.3 Å². The third-order valence-corrected chi connectivity index (χ3v) is 3.21. The smallest absolute Gasteiger partial charge is 0.166 e. The van der Waals surface area contributed by atoms with E-state index in [-0.39, 0.29) is 16.5 Å². The largest absolute Gasteiger partial charge is 0.454 e. The maximum Gasteiger partial charge on any atom is 0.166 e. The van der Waals surface area contributed by atoms with Crippen molar-refractivity contribution in [1.82, 2.24) is 0 Å². The minimum absolute atomic E-state index is 0.0648. The van der Waals surface area contributed by atoms with E-state index in [1.54, 1.807) is 6.07 Å². The van der Waals surface area contributed by atoms with Crippen LogP contribution in [0.1, 0.15) is 5.56 Å². The predicted octanol–water partition coefficient (Wildman–Crippen LogP) is 5.31. The first-order valence-corrected chi connectivity index (χ1v) is 6.57. The van der Waals surface area contributed by atoms with Gasteiger partial charge in [0.05, 0.1) is 5.02 Å². The third-order valence-electron chi connectivity index (χ3n) is 2.27. The number of hydrogen-bond donors (Lipinski definition) is 0. The van der Waals surface area contributed by atoms with Crippen molar-refractivity contribution < 1.29 is 13.5 Å². The Morgan fingerprint density at radius 1 is 1.06 bits per heavy atom. The second-order valence-electron chi connectivity index (χ2n) is 3.58. The van der Waals surface area contributed by atoms with Crippen molar-refractivity contribution in [3.63, 3.8) is 0 Å². The SMILES string of the molecule is Fc1ccc(Oc2ccc(CBr)cc2F)cc1Cl. The molecule has 0 amide bonds. The fourth-order valence-electron chi connectivity index (χ4n) is 1.38. The molecule has 2 aromatic carbocycles. The summed E-state index contributed by atoms with van der Waals surface area (Å²) in [4.78, 5) is 0. The lowest BCUT2D eigenvalue weighted by Gasteiger charge is -2.08. The van der Waals surface area contributed by atoms with Crippen molar-refractivity contribution in [2.75, 3.05) is 0 Å². The van der Waals surface area contributed by atoms with E-state index in [0.29, 0.717) is 5.33 Å². The number of alkyl halides is 1. The van der Waals surface area contributed by atoms with Crippen molar-refractivity contribution in [2.45, 2.75) is 5.33 Å². The van der Waals surface area contributed by atoms with Crippen LogP contribution < -0.4 is 4.74 Å². The Labute approximate surface area is 116 Å². The van der Waals surface area contributed by atoms with Crippen LogP contribution in [0.4, 0.5) is 8.78 Å². The number of ether oxygens (including phenoxy) is 1. The highest BCUT2D eigenvalue weighted by Crippen LogP contribution is 2.28. The fraction of sp³-hybridized carbons (Fsp3) is 0.0769. The molecule has 0 aliphatic heterocycles. The van der Waals surface area contributed by atoms with E-state index in [0.717, 1.165) is 5.56 Å². The zero-order valence-corrected chi connectivity index (χ0v) is 11.4. The Morgan fingerprint density at radius 2 is 1.83 bits per heavy atom. The van der Waals surface area contributed by atoms with Crippen LogP contribution in [0.25, 0.3) is 0 Å². The summed E-state index contributed by atoms with van der Waals surface area (Å²) in [6, 6.07) is 8.48. The molecule has 0 bridgehead atoms. The quantitative estimate of drug-likeness (QED) is 0.692. The Kier molecular flexibility index (Phi) is 4.19. The Balaban J connectivity index is 2.25. The summed E-state index contributed by atoms with van der Waals surface area (Å²) < 4.78 is 31.9. The van der Waals surface area contributed by atoms with Crippen LogP contribution in [0.3, 0.4) is 0 Å². The molecule has 1 nitrogen and oxygen atoms in total. The molecule has 0 saturated carbocycles. The number of hydrogen-bond acceptors (Lipinski definition) is 1. The van der Waals surface area contributed by atoms with Gasteiger partial charge in [0.15, 0.2) is 11.6 Å². The van der Waals surface area contributed by atoms with Crippen molar-refractivity contribution in [1.29, 1.82) is 0 Å². The van der Waals surface area contributed by atoms with Crippen LogP contribution >= 0.6 is 27.5 Å². The van der Waals surface area contributed by atoms with Crippen molar-refractivity contribution in [2.24, 2.45) is 0 Å². The first-order valence-electron chi connectivity index (χ1n) is 5.07. The fourth-order valence-corrected chi connectivity index (χ4v) is 1.90. The van der Waals surface area contributed by atoms with E-state index in [1.807, 2.05) is 0 Å². The van der Waals surface area contributed by atoms with Gasteiger partial charge in [-0.25, -0.2) is 8.78 Å². The number of rotatable bonds is 3. The molecule has 94 valence electrons. The molecular formula is C13H8BrClF2O. The molecule has 5 heteroatoms. The van der Waals surface area contributed by atoms with Crippen LogP contribution in [-0.2, 0) is 5.33 Å². The molecule has 0 spiro atoms. The molecule has 0 atom stereocenters. The average Bonchev–Trinajstić information content (AvgIpc) is 2.36. The lowest BCUT2D eigenvalue weighted by Crippen LogP contribution is -1.90. The summed E-state index contributed by atoms with van der Waals surface area (Å²) in [5, 5.41) is 0.497. The summed E-state index contributed by atoms with van der Waals surface area (Å²) in [6.45, 7) is 0. The van der Waals surface area contributed by atoms with Crippen molar-refractivity contribution >= 4 is 27.5 Å². The minimum atomic E-state index is -0.542. The summed E-state index contributed by atoms with van der Waals surface area (Å²) in [7, 11) is 0. The standard InChI is InChI=1S/C13H8BrClF2O/c14-7-8-1-4-13(12(17)5-8)18-9-2-3-11(16)10(15)6-9/h1-6H,7H2. The van der Waals surface area contributed by atoms with Gasteiger partial charge >= 0.3 is 0 Å². The molecule has 0 aromatic heterocycles. The average molecular weight is 334 g/mol. The van der Waals surface area contributed by atoms with Gasteiger partial charge in [0.2, 0.25) is 0 Å². The van der Waals surface area contributed by atoms with Gasteiger partial charge in [-0.3, -0.25) is 0 Å². The predicted molar refractivity (Wildman–Crippen MR) is 70.5 cm³/mol. The zero-order valence-electron chi connectivity index (χ0n) is 9.09. The highest BCUT2D eigenvalue weighted by atomic mass is 79.9. The normalized spacial score (nSPS) is 10.4. The maximum atomic E-state index is 13.6. The Hall–Kier alpha value is -1.13. The van der Waals surface area contributed by atoms with Gasteiger partial charge in [-0.1, -0.05) is 33.6 Å². The summed E-state index contributed by atoms with van der Waals surface area (Å²) >= 11 is 8.85. The van der Waals surface area contributed by atoms with E-state index in [4.69, 9.17) is 16.3 Å². The molecule has 2 rings (SSSR count). The minimum Gasteiger partial charge on any atom is -0.454 e. The summed E-state index contributed by atoms with van der Waals surface area (Å²) in [6.07, 6.45) is 0. The molecule has 0 fully saturated rings. The Bertz CT molecular complexity index is 575. The summed E-state index contributed by atoms with van der Waals surface area (Å²) in [5.41, 5.74) is 0.803. The third kappa shape index (κ3) is 3.00. The van der Waals surface area contributed by atoms with Crippen molar-refractivity contribution in [3.05, 3.63) is 58.6 Å². The lowest BCUT2D eigenvalue weighted by atomic mass is 10.2. The van der Waals surface area contributed by atoms with Gasteiger partial charge in [-0.05, 0) is 29.8 Å². The van der Waals surface area contributed by atoms with Crippen LogP contribution in [0.2, 0.25) is 5.02 Å². The second kappa shape index (κ2) is 5.67. The van der Waals surface area contributed by atoms with Gasteiger partial charge in [-0.2, -0.15) is 0 Å². The highest BCUT2D eigenvalue weighted by molar-refractivity contribution is 9.08. The summed E-state index contributed by atoms with van der Waals surface area (Å²) in [5.74, 6) is -0.666. The van der Waals surface area contributed by atoms with Gasteiger partial charge in [0, 0.05) is 11.4 Å². The van der Waals surface area contributed by atoms with Crippen LogP contribution in [0.5, 0.6) is 11.5 Å². The second-order valence-corrected chi connectivity index (χ2v) is 4.54. The number of halogens is 4. The van der Waals surface area contributed by atoms with Gasteiger partial charge in [-0.15, -0.1) is 0 Å². The molecule has 0 N–H and O–H groups in total. The number of benzene rings is 2. The first-order chi connectivity index (χ1) is 8.60. The molecule has 18 heavy (non-hydrogen) atoms. The van der Waals surface area contributed by atoms with Crippen LogP contribution in [0.15, 0.2) is 36.4 Å². The molecule has 0 aliphatic carbocycles. The first kappa shape index (κ1) is 13.3. The van der Waals surface area contributed by atoms with Gasteiger partial charge < -0.3 is 4.74 Å². The topological polar surface area (TPSA) is 9.23 Å². The highest BCUT2D eigenvalue weighted by Gasteiger charge is 2.07. The molecule has 0 unspecified atom stereocenters. The van der Waals surface area contributed by atoms with Gasteiger partial charge in [0.25, 0.3) is 0 Å². The molecular weight excluding hydrogens is 325 g/mol. The van der Waals surface area contributed by atoms with E-state index < -0.39 is 11.6 Å². The van der Waals surface area contributed by atoms with Crippen LogP contribution in [-0.4, -0.2) is 0 Å². The maximum absolute atomic E-state index is 13.6. The molecule has 0 radical (unpaired) electrons.